The summed E-state index contributed by atoms with van der Waals surface area (Å²) in [6, 6.07) is 7.58. The molecule has 6 heteroatoms. The Kier molecular flexibility index (Phi) is 6.02. The van der Waals surface area contributed by atoms with E-state index in [1.807, 2.05) is 0 Å². The van der Waals surface area contributed by atoms with E-state index in [-0.39, 0.29) is 42.2 Å². The van der Waals surface area contributed by atoms with Crippen molar-refractivity contribution in [3.63, 3.8) is 0 Å². The van der Waals surface area contributed by atoms with Crippen LogP contribution in [0.2, 0.25) is 0 Å². The number of anilines is 1. The average molecular weight is 338 g/mol. The molecule has 0 aromatic heterocycles. The van der Waals surface area contributed by atoms with Gasteiger partial charge in [0.05, 0.1) is 0 Å². The van der Waals surface area contributed by atoms with E-state index < -0.39 is 0 Å². The van der Waals surface area contributed by atoms with Gasteiger partial charge in [0.25, 0.3) is 5.91 Å². The number of hydrogen-bond acceptors (Lipinski definition) is 3. The highest BCUT2D eigenvalue weighted by Crippen LogP contribution is 2.30. The second-order valence-electron chi connectivity index (χ2n) is 6.43. The van der Waals surface area contributed by atoms with Gasteiger partial charge < -0.3 is 16.4 Å². The molecule has 1 aromatic carbocycles. The van der Waals surface area contributed by atoms with Crippen molar-refractivity contribution in [3.8, 4) is 0 Å². The van der Waals surface area contributed by atoms with Crippen molar-refractivity contribution in [3.05, 3.63) is 29.8 Å². The maximum atomic E-state index is 12.2. The predicted octanol–water partition coefficient (Wildman–Crippen LogP) is 2.46. The van der Waals surface area contributed by atoms with Gasteiger partial charge in [0, 0.05) is 29.3 Å². The molecular weight excluding hydrogens is 314 g/mol. The minimum atomic E-state index is -0.0551. The number of carbonyl (C=O) groups is 2. The van der Waals surface area contributed by atoms with Crippen LogP contribution in [0.1, 0.15) is 48.9 Å². The molecule has 2 saturated carbocycles. The number of halogens is 1. The van der Waals surface area contributed by atoms with Crippen LogP contribution in [0.4, 0.5) is 5.69 Å². The number of hydrogen-bond donors (Lipinski definition) is 3. The Labute approximate surface area is 142 Å². The number of nitrogens with two attached hydrogens (primary N) is 1. The quantitative estimate of drug-likeness (QED) is 0.789. The van der Waals surface area contributed by atoms with Crippen LogP contribution >= 0.6 is 12.4 Å². The molecule has 0 unspecified atom stereocenters. The van der Waals surface area contributed by atoms with Crippen molar-refractivity contribution in [1.82, 2.24) is 5.32 Å². The zero-order chi connectivity index (χ0) is 15.5. The molecule has 0 saturated heterocycles. The van der Waals surface area contributed by atoms with Gasteiger partial charge in [-0.15, -0.1) is 12.4 Å². The minimum Gasteiger partial charge on any atom is -0.349 e. The molecule has 0 spiro atoms. The topological polar surface area (TPSA) is 84.2 Å². The minimum absolute atomic E-state index is 0. The van der Waals surface area contributed by atoms with Crippen molar-refractivity contribution >= 4 is 29.9 Å². The van der Waals surface area contributed by atoms with Gasteiger partial charge in [0.15, 0.2) is 0 Å². The molecular formula is C17H24ClN3O2. The summed E-state index contributed by atoms with van der Waals surface area (Å²) in [7, 11) is 0. The van der Waals surface area contributed by atoms with E-state index in [2.05, 4.69) is 10.6 Å². The Hall–Kier alpha value is -1.59. The van der Waals surface area contributed by atoms with Gasteiger partial charge in [-0.25, -0.2) is 0 Å². The van der Waals surface area contributed by atoms with Crippen molar-refractivity contribution in [2.45, 2.75) is 50.6 Å². The fourth-order valence-electron chi connectivity index (χ4n) is 2.83. The first-order chi connectivity index (χ1) is 10.6. The molecule has 2 fully saturated rings. The molecule has 4 N–H and O–H groups in total. The lowest BCUT2D eigenvalue weighted by Gasteiger charge is -2.26. The maximum absolute atomic E-state index is 12.2. The molecule has 0 radical (unpaired) electrons. The summed E-state index contributed by atoms with van der Waals surface area (Å²) in [6.45, 7) is 0. The van der Waals surface area contributed by atoms with Gasteiger partial charge in [0.1, 0.15) is 0 Å². The number of carbonyl (C=O) groups excluding carboxylic acids is 2. The lowest BCUT2D eigenvalue weighted by Crippen LogP contribution is -2.40. The van der Waals surface area contributed by atoms with Crippen molar-refractivity contribution < 1.29 is 9.59 Å². The van der Waals surface area contributed by atoms with Gasteiger partial charge >= 0.3 is 0 Å². The number of amides is 2. The third-order valence-corrected chi connectivity index (χ3v) is 4.47. The van der Waals surface area contributed by atoms with Crippen LogP contribution in [-0.4, -0.2) is 23.9 Å². The van der Waals surface area contributed by atoms with E-state index in [1.165, 1.54) is 0 Å². The largest absolute Gasteiger partial charge is 0.349 e. The summed E-state index contributed by atoms with van der Waals surface area (Å²) >= 11 is 0. The molecule has 2 aliphatic carbocycles. The highest BCUT2D eigenvalue weighted by atomic mass is 35.5. The SMILES string of the molecule is Cl.NC1CCC(NC(=O)c2ccc(NC(=O)C3CC3)cc2)CC1. The Morgan fingerprint density at radius 3 is 2.13 bits per heavy atom. The molecule has 3 rings (SSSR count). The summed E-state index contributed by atoms with van der Waals surface area (Å²) in [5, 5.41) is 5.93. The third-order valence-electron chi connectivity index (χ3n) is 4.47. The molecule has 2 amide bonds. The first kappa shape index (κ1) is 17.8. The number of benzene rings is 1. The smallest absolute Gasteiger partial charge is 0.251 e. The third kappa shape index (κ3) is 4.94. The number of nitrogens with one attached hydrogen (secondary N) is 2. The van der Waals surface area contributed by atoms with Gasteiger partial charge in [-0.2, -0.15) is 0 Å². The van der Waals surface area contributed by atoms with Crippen molar-refractivity contribution in [2.75, 3.05) is 5.32 Å². The summed E-state index contributed by atoms with van der Waals surface area (Å²) in [6.07, 6.45) is 5.80. The molecule has 1 aromatic rings. The molecule has 0 atom stereocenters. The molecule has 23 heavy (non-hydrogen) atoms. The first-order valence-electron chi connectivity index (χ1n) is 8.09. The van der Waals surface area contributed by atoms with Crippen molar-refractivity contribution in [1.29, 1.82) is 0 Å². The van der Waals surface area contributed by atoms with Crippen LogP contribution in [0.5, 0.6) is 0 Å². The monoisotopic (exact) mass is 337 g/mol. The fourth-order valence-corrected chi connectivity index (χ4v) is 2.83. The summed E-state index contributed by atoms with van der Waals surface area (Å²) in [4.78, 5) is 23.9. The van der Waals surface area contributed by atoms with Crippen LogP contribution in [-0.2, 0) is 4.79 Å². The Bertz CT molecular complexity index is 549. The molecule has 0 heterocycles. The molecule has 5 nitrogen and oxygen atoms in total. The Balaban J connectivity index is 0.00000192. The molecule has 0 aliphatic heterocycles. The lowest BCUT2D eigenvalue weighted by atomic mass is 9.91. The highest BCUT2D eigenvalue weighted by molar-refractivity contribution is 5.96. The first-order valence-corrected chi connectivity index (χ1v) is 8.09. The second kappa shape index (κ2) is 7.79. The second-order valence-corrected chi connectivity index (χ2v) is 6.43. The van der Waals surface area contributed by atoms with Gasteiger partial charge in [0.2, 0.25) is 5.91 Å². The van der Waals surface area contributed by atoms with Crippen LogP contribution < -0.4 is 16.4 Å². The van der Waals surface area contributed by atoms with Crippen LogP contribution in [0.15, 0.2) is 24.3 Å². The standard InChI is InChI=1S/C17H23N3O2.ClH/c18-13-5-9-15(10-6-13)20-17(22)12-3-7-14(8-4-12)19-16(21)11-1-2-11;/h3-4,7-8,11,13,15H,1-2,5-6,9-10,18H2,(H,19,21)(H,20,22);1H. The highest BCUT2D eigenvalue weighted by Gasteiger charge is 2.29. The Morgan fingerprint density at radius 2 is 1.57 bits per heavy atom. The van der Waals surface area contributed by atoms with Gasteiger partial charge in [-0.3, -0.25) is 9.59 Å². The fraction of sp³-hybridized carbons (Fsp3) is 0.529. The molecule has 126 valence electrons. The summed E-state index contributed by atoms with van der Waals surface area (Å²) in [5.41, 5.74) is 7.25. The van der Waals surface area contributed by atoms with Crippen LogP contribution in [0.25, 0.3) is 0 Å². The summed E-state index contributed by atoms with van der Waals surface area (Å²) < 4.78 is 0. The summed E-state index contributed by atoms with van der Waals surface area (Å²) in [5.74, 6) is 0.205. The van der Waals surface area contributed by atoms with E-state index >= 15 is 0 Å². The lowest BCUT2D eigenvalue weighted by molar-refractivity contribution is -0.117. The van der Waals surface area contributed by atoms with E-state index in [0.29, 0.717) is 5.56 Å². The Morgan fingerprint density at radius 1 is 0.957 bits per heavy atom. The normalized spacial score (nSPS) is 23.5. The maximum Gasteiger partial charge on any atom is 0.251 e. The number of rotatable bonds is 4. The van der Waals surface area contributed by atoms with Gasteiger partial charge in [-0.1, -0.05) is 0 Å². The van der Waals surface area contributed by atoms with Crippen LogP contribution in [0, 0.1) is 5.92 Å². The van der Waals surface area contributed by atoms with E-state index in [1.54, 1.807) is 24.3 Å². The zero-order valence-electron chi connectivity index (χ0n) is 13.1. The molecule has 2 aliphatic rings. The van der Waals surface area contributed by atoms with E-state index in [4.69, 9.17) is 5.73 Å². The van der Waals surface area contributed by atoms with E-state index in [9.17, 15) is 9.59 Å². The van der Waals surface area contributed by atoms with E-state index in [0.717, 1.165) is 44.2 Å². The molecule has 0 bridgehead atoms. The average Bonchev–Trinajstić information content (AvgIpc) is 3.35. The van der Waals surface area contributed by atoms with Crippen molar-refractivity contribution in [2.24, 2.45) is 11.7 Å². The van der Waals surface area contributed by atoms with Crippen LogP contribution in [0.3, 0.4) is 0 Å². The van der Waals surface area contributed by atoms with Gasteiger partial charge in [-0.05, 0) is 62.8 Å². The predicted molar refractivity (Wildman–Crippen MR) is 92.7 cm³/mol. The zero-order valence-corrected chi connectivity index (χ0v) is 13.9.